The SMILES string of the molecule is CNCCN(CC(OC1CC1)(c1ccccc1)c1nc(N2CCC(CN3C[C@@H](C)N(C(=O)c4ccc(OC)c(N5CCC(=O)NC5=O)c4)C[C@@H]3C)CC2)nc2ccc(-c3cn(C)c(=O)c4[nH]ccc34)cc12)C(=O)OC. The number of piperidine rings is 1. The van der Waals surface area contributed by atoms with Crippen LogP contribution in [0.2, 0.25) is 0 Å². The summed E-state index contributed by atoms with van der Waals surface area (Å²) in [6.45, 7) is 9.04. The highest BCUT2D eigenvalue weighted by Gasteiger charge is 2.47. The molecule has 6 heterocycles. The molecule has 0 radical (unpaired) electrons. The summed E-state index contributed by atoms with van der Waals surface area (Å²) >= 11 is 0. The van der Waals surface area contributed by atoms with Gasteiger partial charge in [-0.25, -0.2) is 19.6 Å². The zero-order valence-corrected chi connectivity index (χ0v) is 43.6. The van der Waals surface area contributed by atoms with Crippen LogP contribution in [0.15, 0.2) is 90.0 Å². The summed E-state index contributed by atoms with van der Waals surface area (Å²) in [5.74, 6) is 0.966. The number of pyridine rings is 1. The number of benzene rings is 3. The highest BCUT2D eigenvalue weighted by molar-refractivity contribution is 6.07. The van der Waals surface area contributed by atoms with Gasteiger partial charge in [0.25, 0.3) is 11.5 Å². The van der Waals surface area contributed by atoms with Crippen LogP contribution in [-0.2, 0) is 26.9 Å². The van der Waals surface area contributed by atoms with Crippen molar-refractivity contribution >= 4 is 57.4 Å². The molecule has 4 fully saturated rings. The lowest BCUT2D eigenvalue weighted by Gasteiger charge is -2.46. The highest BCUT2D eigenvalue weighted by atomic mass is 16.5. The number of aromatic amines is 1. The van der Waals surface area contributed by atoms with Gasteiger partial charge in [-0.05, 0) is 100 Å². The number of aryl methyl sites for hydroxylation is 1. The number of nitrogens with zero attached hydrogens (tertiary/aromatic N) is 8. The van der Waals surface area contributed by atoms with Crippen LogP contribution in [0.3, 0.4) is 0 Å². The summed E-state index contributed by atoms with van der Waals surface area (Å²) in [5, 5.41) is 7.13. The Morgan fingerprint density at radius 1 is 0.893 bits per heavy atom. The molecule has 5 amide bonds. The first-order valence-electron chi connectivity index (χ1n) is 26.1. The van der Waals surface area contributed by atoms with Gasteiger partial charge in [0.2, 0.25) is 11.9 Å². The fourth-order valence-corrected chi connectivity index (χ4v) is 11.1. The van der Waals surface area contributed by atoms with Crippen molar-refractivity contribution in [2.75, 3.05) is 90.0 Å². The van der Waals surface area contributed by atoms with Crippen molar-refractivity contribution < 1.29 is 33.4 Å². The van der Waals surface area contributed by atoms with Gasteiger partial charge in [-0.1, -0.05) is 36.4 Å². The van der Waals surface area contributed by atoms with E-state index in [1.165, 1.54) is 19.1 Å². The predicted molar refractivity (Wildman–Crippen MR) is 286 cm³/mol. The molecule has 10 rings (SSSR count). The van der Waals surface area contributed by atoms with Crippen LogP contribution in [-0.4, -0.2) is 157 Å². The fourth-order valence-electron chi connectivity index (χ4n) is 11.1. The van der Waals surface area contributed by atoms with E-state index in [0.29, 0.717) is 66.3 Å². The molecule has 1 saturated carbocycles. The molecule has 3 saturated heterocycles. The summed E-state index contributed by atoms with van der Waals surface area (Å²) in [6.07, 6.45) is 6.83. The third-order valence-electron chi connectivity index (χ3n) is 15.4. The lowest BCUT2D eigenvalue weighted by atomic mass is 9.86. The average Bonchev–Trinajstić information content (AvgIpc) is 4.12. The minimum absolute atomic E-state index is 0.0619. The molecule has 3 aromatic heterocycles. The Kier molecular flexibility index (Phi) is 14.6. The summed E-state index contributed by atoms with van der Waals surface area (Å²) in [7, 11) is 6.53. The van der Waals surface area contributed by atoms with Crippen molar-refractivity contribution in [3.63, 3.8) is 0 Å². The molecule has 3 aliphatic heterocycles. The second-order valence-electron chi connectivity index (χ2n) is 20.5. The average molecular weight is 1020 g/mol. The first kappa shape index (κ1) is 51.1. The standard InChI is InChI=1S/C56H67N11O8/c1-35-31-67(51(69)39-13-17-47(73-5)46(29-39)66-26-21-48(68)60-54(66)71)36(2)30-65(35)32-37-19-24-63(25-20-37)53-59-45-16-12-38(44-33-62(4)52(70)49-42(44)18-22-58-49)28-43(45)50(61-53)56(75-41-14-15-41,40-10-8-7-9-11-40)34-64(27-23-57-3)55(72)74-6/h7-13,16-18,22,28-29,33,35-37,41,57-58H,14-15,19-21,23-27,30-32,34H2,1-6H3,(H,60,68,71)/t35-,36+,56?/m0/s1. The van der Waals surface area contributed by atoms with E-state index >= 15 is 0 Å². The number of methoxy groups -OCH3 is 2. The van der Waals surface area contributed by atoms with Gasteiger partial charge >= 0.3 is 12.1 Å². The molecule has 394 valence electrons. The van der Waals surface area contributed by atoms with Crippen LogP contribution in [0.4, 0.5) is 21.2 Å². The molecule has 0 bridgehead atoms. The molecule has 6 aromatic rings. The maximum absolute atomic E-state index is 14.2. The lowest BCUT2D eigenvalue weighted by Crippen LogP contribution is -2.59. The number of carbonyl (C=O) groups excluding carboxylic acids is 4. The third-order valence-corrected chi connectivity index (χ3v) is 15.4. The van der Waals surface area contributed by atoms with Crippen LogP contribution in [0, 0.1) is 5.92 Å². The molecule has 1 aliphatic carbocycles. The Bertz CT molecular complexity index is 3170. The third kappa shape index (κ3) is 10.3. The van der Waals surface area contributed by atoms with E-state index in [4.69, 9.17) is 24.2 Å². The van der Waals surface area contributed by atoms with Gasteiger partial charge in [0.1, 0.15) is 11.3 Å². The van der Waals surface area contributed by atoms with E-state index in [0.717, 1.165) is 78.3 Å². The van der Waals surface area contributed by atoms with E-state index in [1.54, 1.807) is 40.9 Å². The topological polar surface area (TPSA) is 200 Å². The minimum Gasteiger partial charge on any atom is -0.495 e. The number of imide groups is 1. The summed E-state index contributed by atoms with van der Waals surface area (Å²) in [4.78, 5) is 89.7. The van der Waals surface area contributed by atoms with Crippen molar-refractivity contribution in [2.24, 2.45) is 13.0 Å². The Balaban J connectivity index is 0.936. The normalized spacial score (nSPS) is 19.6. The van der Waals surface area contributed by atoms with E-state index in [2.05, 4.69) is 45.3 Å². The number of carbonyl (C=O) groups is 4. The predicted octanol–water partition coefficient (Wildman–Crippen LogP) is 6.09. The van der Waals surface area contributed by atoms with E-state index < -0.39 is 17.7 Å². The van der Waals surface area contributed by atoms with Gasteiger partial charge in [-0.3, -0.25) is 29.5 Å². The fraction of sp³-hybridized carbons (Fsp3) is 0.446. The Labute approximate surface area is 436 Å². The van der Waals surface area contributed by atoms with Crippen LogP contribution in [0.25, 0.3) is 32.9 Å². The molecule has 3 aromatic carbocycles. The molecule has 19 nitrogen and oxygen atoms in total. The van der Waals surface area contributed by atoms with Crippen molar-refractivity contribution in [3.05, 3.63) is 112 Å². The number of urea groups is 1. The van der Waals surface area contributed by atoms with E-state index in [-0.39, 0.29) is 55.1 Å². The van der Waals surface area contributed by atoms with Crippen LogP contribution < -0.4 is 30.7 Å². The van der Waals surface area contributed by atoms with Crippen LogP contribution >= 0.6 is 0 Å². The van der Waals surface area contributed by atoms with Gasteiger partial charge in [0, 0.05) is 112 Å². The number of likely N-dealkylation sites (N-methyl/N-ethyl adjacent to an activating group) is 1. The molecule has 3 atom stereocenters. The lowest BCUT2D eigenvalue weighted by molar-refractivity contribution is -0.120. The number of hydrogen-bond acceptors (Lipinski definition) is 13. The smallest absolute Gasteiger partial charge is 0.409 e. The maximum Gasteiger partial charge on any atom is 0.409 e. The maximum atomic E-state index is 14.2. The number of ether oxygens (including phenoxy) is 3. The number of hydrogen-bond donors (Lipinski definition) is 3. The van der Waals surface area contributed by atoms with Crippen LogP contribution in [0.1, 0.15) is 67.6 Å². The Morgan fingerprint density at radius 2 is 1.68 bits per heavy atom. The minimum atomic E-state index is -1.25. The second-order valence-corrected chi connectivity index (χ2v) is 20.5. The largest absolute Gasteiger partial charge is 0.495 e. The zero-order chi connectivity index (χ0) is 52.5. The number of rotatable bonds is 16. The van der Waals surface area contributed by atoms with E-state index in [9.17, 15) is 24.0 Å². The van der Waals surface area contributed by atoms with Gasteiger partial charge < -0.3 is 43.8 Å². The number of amides is 5. The number of nitrogens with one attached hydrogen (secondary N) is 3. The summed E-state index contributed by atoms with van der Waals surface area (Å²) < 4.78 is 19.9. The summed E-state index contributed by atoms with van der Waals surface area (Å²) in [5.41, 5.74) is 4.03. The van der Waals surface area contributed by atoms with Crippen molar-refractivity contribution in [2.45, 2.75) is 69.7 Å². The second kappa shape index (κ2) is 21.5. The summed E-state index contributed by atoms with van der Waals surface area (Å²) in [6, 6.07) is 22.7. The molecule has 3 N–H and O–H groups in total. The number of piperazine rings is 1. The first-order chi connectivity index (χ1) is 36.3. The molecule has 1 unspecified atom stereocenters. The van der Waals surface area contributed by atoms with Crippen molar-refractivity contribution in [1.82, 2.24) is 44.9 Å². The quantitative estimate of drug-likeness (QED) is 0.101. The van der Waals surface area contributed by atoms with Gasteiger partial charge in [0.05, 0.1) is 43.8 Å². The number of fused-ring (bicyclic) bond motifs is 2. The number of anilines is 2. The molecular weight excluding hydrogens is 955 g/mol. The number of H-pyrrole nitrogens is 1. The van der Waals surface area contributed by atoms with E-state index in [1.807, 2.05) is 66.7 Å². The number of aromatic nitrogens is 4. The monoisotopic (exact) mass is 1020 g/mol. The van der Waals surface area contributed by atoms with Crippen molar-refractivity contribution in [3.8, 4) is 16.9 Å². The van der Waals surface area contributed by atoms with Gasteiger partial charge in [-0.15, -0.1) is 0 Å². The Morgan fingerprint density at radius 3 is 2.40 bits per heavy atom. The Hall–Kier alpha value is -7.35. The van der Waals surface area contributed by atoms with Gasteiger partial charge in [-0.2, -0.15) is 0 Å². The molecule has 75 heavy (non-hydrogen) atoms. The molecule has 4 aliphatic rings. The van der Waals surface area contributed by atoms with Crippen molar-refractivity contribution in [1.29, 1.82) is 0 Å². The first-order valence-corrected chi connectivity index (χ1v) is 26.1. The van der Waals surface area contributed by atoms with Crippen LogP contribution in [0.5, 0.6) is 5.75 Å². The zero-order valence-electron chi connectivity index (χ0n) is 43.6. The highest BCUT2D eigenvalue weighted by Crippen LogP contribution is 2.45. The van der Waals surface area contributed by atoms with Gasteiger partial charge in [0.15, 0.2) is 5.60 Å². The molecular formula is C56H67N11O8. The molecule has 0 spiro atoms. The molecule has 19 heteroatoms.